The van der Waals surface area contributed by atoms with E-state index in [-0.39, 0.29) is 12.2 Å². The molecule has 2 aromatic heterocycles. The van der Waals surface area contributed by atoms with E-state index in [9.17, 15) is 4.79 Å². The number of ether oxygens (including phenoxy) is 1. The van der Waals surface area contributed by atoms with Gasteiger partial charge in [-0.15, -0.1) is 0 Å². The van der Waals surface area contributed by atoms with Gasteiger partial charge >= 0.3 is 0 Å². The first-order valence-electron chi connectivity index (χ1n) is 6.54. The Bertz CT molecular complexity index is 612. The zero-order chi connectivity index (χ0) is 14.4. The van der Waals surface area contributed by atoms with Crippen molar-refractivity contribution in [2.45, 2.75) is 6.54 Å². The van der Waals surface area contributed by atoms with Crippen LogP contribution in [0, 0.1) is 0 Å². The SMILES string of the molecule is COCCN(CCO)Cc1cc(=O)n2ccccc2n1. The van der Waals surface area contributed by atoms with Crippen LogP contribution < -0.4 is 5.56 Å². The zero-order valence-corrected chi connectivity index (χ0v) is 11.5. The third-order valence-corrected chi connectivity index (χ3v) is 3.04. The number of nitrogens with zero attached hydrogens (tertiary/aromatic N) is 3. The molecule has 0 radical (unpaired) electrons. The number of rotatable bonds is 7. The molecule has 2 rings (SSSR count). The summed E-state index contributed by atoms with van der Waals surface area (Å²) in [6.07, 6.45) is 1.70. The van der Waals surface area contributed by atoms with Crippen LogP contribution in [0.15, 0.2) is 35.3 Å². The summed E-state index contributed by atoms with van der Waals surface area (Å²) in [7, 11) is 1.64. The highest BCUT2D eigenvalue weighted by Crippen LogP contribution is 2.02. The van der Waals surface area contributed by atoms with E-state index in [2.05, 4.69) is 4.98 Å². The molecule has 1 N–H and O–H groups in total. The fourth-order valence-corrected chi connectivity index (χ4v) is 2.04. The van der Waals surface area contributed by atoms with E-state index >= 15 is 0 Å². The Morgan fingerprint density at radius 3 is 3.00 bits per heavy atom. The van der Waals surface area contributed by atoms with Crippen molar-refractivity contribution in [3.8, 4) is 0 Å². The van der Waals surface area contributed by atoms with Crippen LogP contribution in [0.3, 0.4) is 0 Å². The van der Waals surface area contributed by atoms with Crippen molar-refractivity contribution in [3.63, 3.8) is 0 Å². The molecule has 108 valence electrons. The van der Waals surface area contributed by atoms with Crippen LogP contribution in [0.5, 0.6) is 0 Å². The highest BCUT2D eigenvalue weighted by atomic mass is 16.5. The minimum absolute atomic E-state index is 0.0658. The highest BCUT2D eigenvalue weighted by molar-refractivity contribution is 5.37. The van der Waals surface area contributed by atoms with Crippen molar-refractivity contribution in [1.82, 2.24) is 14.3 Å². The Morgan fingerprint density at radius 2 is 2.25 bits per heavy atom. The van der Waals surface area contributed by atoms with Gasteiger partial charge in [0.05, 0.1) is 18.9 Å². The van der Waals surface area contributed by atoms with E-state index in [0.717, 1.165) is 0 Å². The van der Waals surface area contributed by atoms with Gasteiger partial charge < -0.3 is 9.84 Å². The van der Waals surface area contributed by atoms with Crippen LogP contribution in [0.4, 0.5) is 0 Å². The Balaban J connectivity index is 2.21. The molecule has 0 aliphatic rings. The van der Waals surface area contributed by atoms with E-state index < -0.39 is 0 Å². The van der Waals surface area contributed by atoms with Gasteiger partial charge in [0.15, 0.2) is 0 Å². The second-order valence-corrected chi connectivity index (χ2v) is 4.51. The van der Waals surface area contributed by atoms with E-state index in [1.165, 1.54) is 10.5 Å². The minimum atomic E-state index is -0.0960. The molecule has 0 fully saturated rings. The number of aliphatic hydroxyl groups excluding tert-OH is 1. The summed E-state index contributed by atoms with van der Waals surface area (Å²) in [5, 5.41) is 9.07. The lowest BCUT2D eigenvalue weighted by Crippen LogP contribution is -2.31. The van der Waals surface area contributed by atoms with Crippen molar-refractivity contribution >= 4 is 5.65 Å². The van der Waals surface area contributed by atoms with Crippen LogP contribution in [-0.2, 0) is 11.3 Å². The standard InChI is InChI=1S/C14H19N3O3/c1-20-9-7-16(6-8-18)11-12-10-14(19)17-5-3-2-4-13(17)15-12/h2-5,10,18H,6-9,11H2,1H3. The number of hydrogen-bond acceptors (Lipinski definition) is 5. The van der Waals surface area contributed by atoms with Crippen molar-refractivity contribution < 1.29 is 9.84 Å². The minimum Gasteiger partial charge on any atom is -0.395 e. The quantitative estimate of drug-likeness (QED) is 0.779. The van der Waals surface area contributed by atoms with Gasteiger partial charge in [-0.25, -0.2) is 4.98 Å². The molecule has 20 heavy (non-hydrogen) atoms. The summed E-state index contributed by atoms with van der Waals surface area (Å²) in [5.41, 5.74) is 1.23. The summed E-state index contributed by atoms with van der Waals surface area (Å²) in [5.74, 6) is 0. The number of methoxy groups -OCH3 is 1. The maximum atomic E-state index is 12.0. The van der Waals surface area contributed by atoms with Gasteiger partial charge in [0, 0.05) is 39.0 Å². The van der Waals surface area contributed by atoms with Gasteiger partial charge in [-0.05, 0) is 12.1 Å². The zero-order valence-electron chi connectivity index (χ0n) is 11.5. The van der Waals surface area contributed by atoms with Gasteiger partial charge in [-0.2, -0.15) is 0 Å². The molecule has 6 nitrogen and oxygen atoms in total. The van der Waals surface area contributed by atoms with Crippen LogP contribution in [0.2, 0.25) is 0 Å². The Labute approximate surface area is 117 Å². The average molecular weight is 277 g/mol. The molecule has 0 atom stereocenters. The maximum absolute atomic E-state index is 12.0. The van der Waals surface area contributed by atoms with Gasteiger partial charge in [-0.1, -0.05) is 6.07 Å². The maximum Gasteiger partial charge on any atom is 0.258 e. The van der Waals surface area contributed by atoms with Crippen LogP contribution in [0.1, 0.15) is 5.69 Å². The summed E-state index contributed by atoms with van der Waals surface area (Å²) in [4.78, 5) is 18.5. The molecule has 2 heterocycles. The second-order valence-electron chi connectivity index (χ2n) is 4.51. The van der Waals surface area contributed by atoms with Crippen molar-refractivity contribution in [2.75, 3.05) is 33.4 Å². The Kier molecular flexibility index (Phi) is 5.23. The monoisotopic (exact) mass is 277 g/mol. The topological polar surface area (TPSA) is 67.1 Å². The molecule has 2 aromatic rings. The molecule has 0 bridgehead atoms. The molecule has 6 heteroatoms. The Morgan fingerprint density at radius 1 is 1.40 bits per heavy atom. The highest BCUT2D eigenvalue weighted by Gasteiger charge is 2.08. The lowest BCUT2D eigenvalue weighted by atomic mass is 10.3. The molecule has 0 aliphatic carbocycles. The first-order valence-corrected chi connectivity index (χ1v) is 6.54. The summed E-state index contributed by atoms with van der Waals surface area (Å²) < 4.78 is 6.55. The molecule has 0 aromatic carbocycles. The number of aliphatic hydroxyl groups is 1. The first kappa shape index (κ1) is 14.6. The van der Waals surface area contributed by atoms with Crippen LogP contribution in [0.25, 0.3) is 5.65 Å². The number of aromatic nitrogens is 2. The third kappa shape index (κ3) is 3.63. The lowest BCUT2D eigenvalue weighted by Gasteiger charge is -2.20. The van der Waals surface area contributed by atoms with Crippen molar-refractivity contribution in [3.05, 3.63) is 46.5 Å². The summed E-state index contributed by atoms with van der Waals surface area (Å²) in [6, 6.07) is 6.98. The fraction of sp³-hybridized carbons (Fsp3) is 0.429. The predicted molar refractivity (Wildman–Crippen MR) is 75.7 cm³/mol. The molecular formula is C14H19N3O3. The molecule has 0 amide bonds. The molecule has 0 unspecified atom stereocenters. The molecule has 0 saturated heterocycles. The Hall–Kier alpha value is -1.76. The number of pyridine rings is 1. The van der Waals surface area contributed by atoms with E-state index in [4.69, 9.17) is 9.84 Å². The van der Waals surface area contributed by atoms with Crippen LogP contribution in [-0.4, -0.2) is 52.8 Å². The smallest absolute Gasteiger partial charge is 0.258 e. The van der Waals surface area contributed by atoms with Gasteiger partial charge in [0.2, 0.25) is 0 Å². The van der Waals surface area contributed by atoms with E-state index in [1.807, 2.05) is 11.0 Å². The van der Waals surface area contributed by atoms with Crippen LogP contribution >= 0.6 is 0 Å². The summed E-state index contributed by atoms with van der Waals surface area (Å²) in [6.45, 7) is 2.37. The molecule has 0 saturated carbocycles. The summed E-state index contributed by atoms with van der Waals surface area (Å²) >= 11 is 0. The first-order chi connectivity index (χ1) is 9.74. The molecule has 0 spiro atoms. The third-order valence-electron chi connectivity index (χ3n) is 3.04. The lowest BCUT2D eigenvalue weighted by molar-refractivity contribution is 0.126. The fourth-order valence-electron chi connectivity index (χ4n) is 2.04. The second kappa shape index (κ2) is 7.14. The van der Waals surface area contributed by atoms with Gasteiger partial charge in [-0.3, -0.25) is 14.1 Å². The number of hydrogen-bond donors (Lipinski definition) is 1. The average Bonchev–Trinajstić information content (AvgIpc) is 2.45. The molecule has 0 aliphatic heterocycles. The van der Waals surface area contributed by atoms with E-state index in [0.29, 0.717) is 37.6 Å². The largest absolute Gasteiger partial charge is 0.395 e. The van der Waals surface area contributed by atoms with Crippen molar-refractivity contribution in [1.29, 1.82) is 0 Å². The predicted octanol–water partition coefficient (Wildman–Crippen LogP) is 0.135. The van der Waals surface area contributed by atoms with Gasteiger partial charge in [0.25, 0.3) is 5.56 Å². The normalized spacial score (nSPS) is 11.3. The molecular weight excluding hydrogens is 258 g/mol. The van der Waals surface area contributed by atoms with Crippen molar-refractivity contribution in [2.24, 2.45) is 0 Å². The van der Waals surface area contributed by atoms with E-state index in [1.54, 1.807) is 25.4 Å². The van der Waals surface area contributed by atoms with Gasteiger partial charge in [0.1, 0.15) is 5.65 Å². The number of fused-ring (bicyclic) bond motifs is 1.